The van der Waals surface area contributed by atoms with Crippen molar-refractivity contribution in [1.29, 1.82) is 0 Å². The highest BCUT2D eigenvalue weighted by Gasteiger charge is 2.21. The first-order chi connectivity index (χ1) is 14.2. The Morgan fingerprint density at radius 2 is 1.90 bits per heavy atom. The molecule has 5 nitrogen and oxygen atoms in total. The summed E-state index contributed by atoms with van der Waals surface area (Å²) in [5.74, 6) is -0.414. The maximum atomic E-state index is 12.6. The Kier molecular flexibility index (Phi) is 5.74. The van der Waals surface area contributed by atoms with Crippen molar-refractivity contribution in [2.75, 3.05) is 6.54 Å². The predicted molar refractivity (Wildman–Crippen MR) is 114 cm³/mol. The number of unbranched alkanes of at least 4 members (excludes halogenated alkanes) is 1. The van der Waals surface area contributed by atoms with Crippen molar-refractivity contribution in [1.82, 2.24) is 10.0 Å². The smallest absolute Gasteiger partial charge is 0.277 e. The van der Waals surface area contributed by atoms with Crippen molar-refractivity contribution in [2.45, 2.75) is 29.6 Å². The number of carbonyl (C=O) groups is 1. The zero-order valence-corrected chi connectivity index (χ0v) is 16.9. The summed E-state index contributed by atoms with van der Waals surface area (Å²) in [6.45, 7) is 2.33. The van der Waals surface area contributed by atoms with Gasteiger partial charge in [0.05, 0.1) is 17.1 Å². The van der Waals surface area contributed by atoms with Crippen LogP contribution < -0.4 is 0 Å². The third-order valence-corrected chi connectivity index (χ3v) is 5.81. The zero-order chi connectivity index (χ0) is 20.2. The molecular formula is C23H21N3O2S. The number of nitrogens with zero attached hydrogens (tertiary/aromatic N) is 3. The average Bonchev–Trinajstić information content (AvgIpc) is 2.93. The predicted octanol–water partition coefficient (Wildman–Crippen LogP) is 5.35. The van der Waals surface area contributed by atoms with Crippen LogP contribution in [-0.4, -0.2) is 33.4 Å². The minimum absolute atomic E-state index is 0.315. The maximum absolute atomic E-state index is 12.6. The van der Waals surface area contributed by atoms with E-state index >= 15 is 0 Å². The maximum Gasteiger partial charge on any atom is 0.277 e. The van der Waals surface area contributed by atoms with E-state index in [1.54, 1.807) is 30.1 Å². The van der Waals surface area contributed by atoms with Gasteiger partial charge >= 0.3 is 0 Å². The van der Waals surface area contributed by atoms with E-state index in [9.17, 15) is 10.0 Å². The third-order valence-electron chi connectivity index (χ3n) is 4.67. The number of carbonyl (C=O) groups excluding carboxylic acids is 1. The molecule has 3 aromatic rings. The molecule has 0 saturated carbocycles. The number of rotatable bonds is 5. The van der Waals surface area contributed by atoms with E-state index in [1.165, 1.54) is 0 Å². The van der Waals surface area contributed by atoms with Gasteiger partial charge in [-0.05, 0) is 42.8 Å². The van der Waals surface area contributed by atoms with E-state index in [2.05, 4.69) is 11.1 Å². The summed E-state index contributed by atoms with van der Waals surface area (Å²) in [6.07, 6.45) is 3.40. The molecule has 2 aromatic carbocycles. The summed E-state index contributed by atoms with van der Waals surface area (Å²) in [4.78, 5) is 24.0. The summed E-state index contributed by atoms with van der Waals surface area (Å²) < 4.78 is 0. The van der Waals surface area contributed by atoms with E-state index in [0.29, 0.717) is 17.8 Å². The van der Waals surface area contributed by atoms with Crippen molar-refractivity contribution in [3.8, 4) is 0 Å². The minimum Gasteiger partial charge on any atom is -0.286 e. The molecule has 1 aliphatic rings. The van der Waals surface area contributed by atoms with Gasteiger partial charge < -0.3 is 0 Å². The van der Waals surface area contributed by atoms with Gasteiger partial charge in [0.25, 0.3) is 5.91 Å². The lowest BCUT2D eigenvalue weighted by Gasteiger charge is -2.15. The topological polar surface area (TPSA) is 65.8 Å². The van der Waals surface area contributed by atoms with Crippen LogP contribution in [0.1, 0.15) is 41.4 Å². The summed E-state index contributed by atoms with van der Waals surface area (Å²) in [5.41, 5.74) is 3.66. The van der Waals surface area contributed by atoms with E-state index in [1.807, 2.05) is 49.4 Å². The monoisotopic (exact) mass is 403 g/mol. The lowest BCUT2D eigenvalue weighted by molar-refractivity contribution is -0.0586. The summed E-state index contributed by atoms with van der Waals surface area (Å²) in [7, 11) is 0. The molecule has 0 spiro atoms. The minimum atomic E-state index is -0.414. The molecule has 4 rings (SSSR count). The molecule has 6 heteroatoms. The Balaban J connectivity index is 1.79. The summed E-state index contributed by atoms with van der Waals surface area (Å²) in [5, 5.41) is 10.9. The SMILES string of the molecule is CCCCN(O)C(=O)c1ccc2c(c1)N=C(c1ccccn1)c1ccccc1S2. The Bertz CT molecular complexity index is 1070. The van der Waals surface area contributed by atoms with Crippen molar-refractivity contribution in [3.63, 3.8) is 0 Å². The second kappa shape index (κ2) is 8.59. The molecule has 0 radical (unpaired) electrons. The highest BCUT2D eigenvalue weighted by molar-refractivity contribution is 7.99. The Hall–Kier alpha value is -2.96. The second-order valence-corrected chi connectivity index (χ2v) is 7.82. The van der Waals surface area contributed by atoms with Gasteiger partial charge in [0.15, 0.2) is 0 Å². The number of fused-ring (bicyclic) bond motifs is 2. The number of aromatic nitrogens is 1. The van der Waals surface area contributed by atoms with E-state index in [0.717, 1.165) is 44.7 Å². The molecular weight excluding hydrogens is 382 g/mol. The van der Waals surface area contributed by atoms with Crippen molar-refractivity contribution >= 4 is 29.1 Å². The highest BCUT2D eigenvalue weighted by atomic mass is 32.2. The number of hydroxylamine groups is 2. The van der Waals surface area contributed by atoms with Gasteiger partial charge in [-0.15, -0.1) is 0 Å². The zero-order valence-electron chi connectivity index (χ0n) is 16.1. The van der Waals surface area contributed by atoms with Gasteiger partial charge in [0.1, 0.15) is 0 Å². The van der Waals surface area contributed by atoms with Crippen LogP contribution in [0.15, 0.2) is 81.6 Å². The quantitative estimate of drug-likeness (QED) is 0.360. The number of benzene rings is 2. The third kappa shape index (κ3) is 4.09. The van der Waals surface area contributed by atoms with Crippen LogP contribution in [0.5, 0.6) is 0 Å². The van der Waals surface area contributed by atoms with Crippen LogP contribution in [0, 0.1) is 0 Å². The molecule has 1 aromatic heterocycles. The molecule has 1 N–H and O–H groups in total. The Morgan fingerprint density at radius 3 is 2.69 bits per heavy atom. The van der Waals surface area contributed by atoms with Crippen LogP contribution in [0.4, 0.5) is 5.69 Å². The lowest BCUT2D eigenvalue weighted by atomic mass is 10.1. The molecule has 0 saturated heterocycles. The number of pyridine rings is 1. The van der Waals surface area contributed by atoms with Crippen LogP contribution in [0.3, 0.4) is 0 Å². The van der Waals surface area contributed by atoms with Crippen LogP contribution >= 0.6 is 11.8 Å². The van der Waals surface area contributed by atoms with Gasteiger partial charge in [0.2, 0.25) is 0 Å². The van der Waals surface area contributed by atoms with Crippen molar-refractivity contribution in [3.05, 3.63) is 83.7 Å². The summed E-state index contributed by atoms with van der Waals surface area (Å²) >= 11 is 1.61. The lowest BCUT2D eigenvalue weighted by Crippen LogP contribution is -2.28. The molecule has 1 amide bonds. The molecule has 2 heterocycles. The van der Waals surface area contributed by atoms with Gasteiger partial charge in [-0.3, -0.25) is 15.0 Å². The largest absolute Gasteiger partial charge is 0.286 e. The molecule has 0 bridgehead atoms. The van der Waals surface area contributed by atoms with Gasteiger partial charge in [-0.1, -0.05) is 49.4 Å². The fourth-order valence-electron chi connectivity index (χ4n) is 3.13. The van der Waals surface area contributed by atoms with E-state index in [-0.39, 0.29) is 0 Å². The normalized spacial score (nSPS) is 12.4. The second-order valence-electron chi connectivity index (χ2n) is 6.74. The standard InChI is InChI=1S/C23H21N3O2S/c1-2-3-14-26(28)23(27)16-11-12-21-19(15-16)25-22(18-9-6-7-13-24-18)17-8-4-5-10-20(17)29-21/h4-13,15,28H,2-3,14H2,1H3. The van der Waals surface area contributed by atoms with Crippen molar-refractivity contribution < 1.29 is 10.0 Å². The van der Waals surface area contributed by atoms with Crippen LogP contribution in [0.2, 0.25) is 0 Å². The molecule has 146 valence electrons. The van der Waals surface area contributed by atoms with Gasteiger partial charge in [0, 0.05) is 33.7 Å². The molecule has 0 unspecified atom stereocenters. The first-order valence-corrected chi connectivity index (χ1v) is 10.4. The first-order valence-electron chi connectivity index (χ1n) is 9.59. The van der Waals surface area contributed by atoms with Crippen molar-refractivity contribution in [2.24, 2.45) is 4.99 Å². The number of hydrogen-bond acceptors (Lipinski definition) is 5. The molecule has 0 aliphatic carbocycles. The Morgan fingerprint density at radius 1 is 1.07 bits per heavy atom. The highest BCUT2D eigenvalue weighted by Crippen LogP contribution is 2.41. The average molecular weight is 404 g/mol. The van der Waals surface area contributed by atoms with E-state index in [4.69, 9.17) is 4.99 Å². The molecule has 0 fully saturated rings. The van der Waals surface area contributed by atoms with Gasteiger partial charge in [-0.25, -0.2) is 10.1 Å². The molecule has 0 atom stereocenters. The van der Waals surface area contributed by atoms with Crippen LogP contribution in [0.25, 0.3) is 0 Å². The Labute approximate surface area is 174 Å². The fraction of sp³-hybridized carbons (Fsp3) is 0.174. The summed E-state index contributed by atoms with van der Waals surface area (Å²) in [6, 6.07) is 19.2. The first kappa shape index (κ1) is 19.4. The number of hydrogen-bond donors (Lipinski definition) is 1. The molecule has 29 heavy (non-hydrogen) atoms. The van der Waals surface area contributed by atoms with E-state index < -0.39 is 5.91 Å². The van der Waals surface area contributed by atoms with Crippen LogP contribution in [-0.2, 0) is 0 Å². The van der Waals surface area contributed by atoms with Gasteiger partial charge in [-0.2, -0.15) is 0 Å². The number of amides is 1. The fourth-order valence-corrected chi connectivity index (χ4v) is 4.13. The molecule has 1 aliphatic heterocycles. The number of aliphatic imine (C=N–C) groups is 1.